The molecule has 2 aromatic rings. The molecule has 0 radical (unpaired) electrons. The van der Waals surface area contributed by atoms with Gasteiger partial charge in [0, 0.05) is 13.2 Å². The molecule has 7 nitrogen and oxygen atoms in total. The maximum Gasteiger partial charge on any atom is 0.335 e. The second-order valence-electron chi connectivity index (χ2n) is 5.32. The molecule has 0 bridgehead atoms. The van der Waals surface area contributed by atoms with Crippen LogP contribution in [-0.2, 0) is 17.8 Å². The number of nitrogens with zero attached hydrogens (tertiary/aromatic N) is 3. The van der Waals surface area contributed by atoms with Gasteiger partial charge in [-0.05, 0) is 38.6 Å². The molecule has 7 heteroatoms. The molecule has 0 spiro atoms. The zero-order chi connectivity index (χ0) is 16.8. The molecular weight excluding hydrogens is 298 g/mol. The van der Waals surface area contributed by atoms with Crippen LogP contribution in [0.2, 0.25) is 0 Å². The Labute approximate surface area is 134 Å². The van der Waals surface area contributed by atoms with Crippen molar-refractivity contribution < 1.29 is 19.2 Å². The number of benzene rings is 1. The third-order valence-corrected chi connectivity index (χ3v) is 3.30. The van der Waals surface area contributed by atoms with Crippen molar-refractivity contribution in [1.82, 2.24) is 15.0 Å². The van der Waals surface area contributed by atoms with Crippen LogP contribution in [0.15, 0.2) is 28.8 Å². The third kappa shape index (κ3) is 4.87. The van der Waals surface area contributed by atoms with Gasteiger partial charge in [-0.2, -0.15) is 4.98 Å². The lowest BCUT2D eigenvalue weighted by molar-refractivity contribution is 0.0682. The lowest BCUT2D eigenvalue weighted by Gasteiger charge is -2.14. The monoisotopic (exact) mass is 319 g/mol. The Morgan fingerprint density at radius 3 is 2.91 bits per heavy atom. The molecule has 0 aliphatic carbocycles. The second kappa shape index (κ2) is 7.85. The van der Waals surface area contributed by atoms with Gasteiger partial charge < -0.3 is 14.4 Å². The standard InChI is InChI=1S/C16H21N3O4/c1-4-22-11(2)15-17-14(23-18-15)10-19(3)9-12-6-5-7-13(8-12)16(20)21/h5-8,11H,4,9-10H2,1-3H3,(H,20,21). The average molecular weight is 319 g/mol. The molecule has 1 aromatic carbocycles. The van der Waals surface area contributed by atoms with E-state index < -0.39 is 5.97 Å². The predicted octanol–water partition coefficient (Wildman–Crippen LogP) is 2.50. The number of carboxylic acids is 1. The Hall–Kier alpha value is -2.25. The number of carboxylic acid groups (broad SMARTS) is 1. The zero-order valence-corrected chi connectivity index (χ0v) is 13.5. The molecule has 1 unspecified atom stereocenters. The molecule has 124 valence electrons. The van der Waals surface area contributed by atoms with E-state index in [1.54, 1.807) is 18.2 Å². The lowest BCUT2D eigenvalue weighted by atomic mass is 10.1. The van der Waals surface area contributed by atoms with Crippen molar-refractivity contribution in [2.24, 2.45) is 0 Å². The van der Waals surface area contributed by atoms with Gasteiger partial charge in [0.05, 0.1) is 12.1 Å². The van der Waals surface area contributed by atoms with E-state index in [2.05, 4.69) is 10.1 Å². The van der Waals surface area contributed by atoms with Crippen LogP contribution in [0.3, 0.4) is 0 Å². The fraction of sp³-hybridized carbons (Fsp3) is 0.438. The molecule has 0 aliphatic rings. The van der Waals surface area contributed by atoms with Gasteiger partial charge in [0.25, 0.3) is 0 Å². The minimum atomic E-state index is -0.930. The molecule has 2 rings (SSSR count). The van der Waals surface area contributed by atoms with Gasteiger partial charge in [-0.3, -0.25) is 4.90 Å². The number of aromatic carboxylic acids is 1. The Balaban J connectivity index is 1.95. The number of ether oxygens (including phenoxy) is 1. The van der Waals surface area contributed by atoms with Crippen molar-refractivity contribution in [3.05, 3.63) is 47.1 Å². The van der Waals surface area contributed by atoms with Crippen LogP contribution >= 0.6 is 0 Å². The topological polar surface area (TPSA) is 88.7 Å². The first-order chi connectivity index (χ1) is 11.0. The summed E-state index contributed by atoms with van der Waals surface area (Å²) in [4.78, 5) is 17.3. The third-order valence-electron chi connectivity index (χ3n) is 3.30. The summed E-state index contributed by atoms with van der Waals surface area (Å²) < 4.78 is 10.6. The summed E-state index contributed by atoms with van der Waals surface area (Å²) in [5, 5.41) is 12.9. The Morgan fingerprint density at radius 1 is 1.43 bits per heavy atom. The van der Waals surface area contributed by atoms with E-state index in [1.807, 2.05) is 31.9 Å². The van der Waals surface area contributed by atoms with Gasteiger partial charge in [0.15, 0.2) is 5.82 Å². The van der Waals surface area contributed by atoms with Gasteiger partial charge in [-0.25, -0.2) is 4.79 Å². The molecule has 1 atom stereocenters. The van der Waals surface area contributed by atoms with Crippen molar-refractivity contribution in [2.45, 2.75) is 33.0 Å². The number of hydrogen-bond donors (Lipinski definition) is 1. The van der Waals surface area contributed by atoms with Gasteiger partial charge in [-0.15, -0.1) is 0 Å². The van der Waals surface area contributed by atoms with Crippen LogP contribution in [0.4, 0.5) is 0 Å². The van der Waals surface area contributed by atoms with Crippen molar-refractivity contribution >= 4 is 5.97 Å². The zero-order valence-electron chi connectivity index (χ0n) is 13.5. The number of aromatic nitrogens is 2. The van der Waals surface area contributed by atoms with E-state index in [4.69, 9.17) is 14.4 Å². The SMILES string of the molecule is CCOC(C)c1noc(CN(C)Cc2cccc(C(=O)O)c2)n1. The molecular formula is C16H21N3O4. The van der Waals surface area contributed by atoms with Crippen molar-refractivity contribution in [3.63, 3.8) is 0 Å². The smallest absolute Gasteiger partial charge is 0.335 e. The first-order valence-electron chi connectivity index (χ1n) is 7.44. The predicted molar refractivity (Wildman–Crippen MR) is 82.9 cm³/mol. The van der Waals surface area contributed by atoms with Crippen molar-refractivity contribution in [3.8, 4) is 0 Å². The largest absolute Gasteiger partial charge is 0.478 e. The molecule has 1 heterocycles. The van der Waals surface area contributed by atoms with Crippen LogP contribution in [0, 0.1) is 0 Å². The van der Waals surface area contributed by atoms with E-state index in [9.17, 15) is 4.79 Å². The molecule has 0 aliphatic heterocycles. The Bertz CT molecular complexity index is 656. The summed E-state index contributed by atoms with van der Waals surface area (Å²) in [6.45, 7) is 5.43. The maximum absolute atomic E-state index is 11.0. The summed E-state index contributed by atoms with van der Waals surface area (Å²) in [6.07, 6.45) is -0.199. The number of rotatable bonds is 8. The Kier molecular flexibility index (Phi) is 5.84. The Morgan fingerprint density at radius 2 is 2.22 bits per heavy atom. The quantitative estimate of drug-likeness (QED) is 0.799. The van der Waals surface area contributed by atoms with Crippen molar-refractivity contribution in [2.75, 3.05) is 13.7 Å². The van der Waals surface area contributed by atoms with E-state index in [0.29, 0.717) is 31.4 Å². The molecule has 1 aromatic heterocycles. The summed E-state index contributed by atoms with van der Waals surface area (Å²) in [5.41, 5.74) is 1.19. The summed E-state index contributed by atoms with van der Waals surface area (Å²) in [6, 6.07) is 6.86. The molecule has 0 saturated carbocycles. The van der Waals surface area contributed by atoms with Gasteiger partial charge >= 0.3 is 5.97 Å². The van der Waals surface area contributed by atoms with Crippen LogP contribution < -0.4 is 0 Å². The minimum absolute atomic E-state index is 0.199. The molecule has 23 heavy (non-hydrogen) atoms. The van der Waals surface area contributed by atoms with Gasteiger partial charge in [0.1, 0.15) is 6.10 Å². The second-order valence-corrected chi connectivity index (χ2v) is 5.32. The van der Waals surface area contributed by atoms with E-state index >= 15 is 0 Å². The summed E-state index contributed by atoms with van der Waals surface area (Å²) >= 11 is 0. The van der Waals surface area contributed by atoms with Gasteiger partial charge in [-0.1, -0.05) is 17.3 Å². The van der Waals surface area contributed by atoms with Crippen LogP contribution in [0.25, 0.3) is 0 Å². The highest BCUT2D eigenvalue weighted by molar-refractivity contribution is 5.87. The normalized spacial score (nSPS) is 12.5. The molecule has 0 amide bonds. The first kappa shape index (κ1) is 17.1. The highest BCUT2D eigenvalue weighted by Gasteiger charge is 2.15. The van der Waals surface area contributed by atoms with E-state index in [-0.39, 0.29) is 11.7 Å². The summed E-state index contributed by atoms with van der Waals surface area (Å²) in [7, 11) is 1.91. The van der Waals surface area contributed by atoms with Crippen molar-refractivity contribution in [1.29, 1.82) is 0 Å². The maximum atomic E-state index is 11.0. The highest BCUT2D eigenvalue weighted by Crippen LogP contribution is 2.14. The molecule has 1 N–H and O–H groups in total. The average Bonchev–Trinajstić information content (AvgIpc) is 2.96. The fourth-order valence-electron chi connectivity index (χ4n) is 2.22. The van der Waals surface area contributed by atoms with Gasteiger partial charge in [0.2, 0.25) is 5.89 Å². The molecule has 0 fully saturated rings. The lowest BCUT2D eigenvalue weighted by Crippen LogP contribution is -2.17. The minimum Gasteiger partial charge on any atom is -0.478 e. The summed E-state index contributed by atoms with van der Waals surface area (Å²) in [5.74, 6) is 0.104. The number of hydrogen-bond acceptors (Lipinski definition) is 6. The highest BCUT2D eigenvalue weighted by atomic mass is 16.5. The number of carbonyl (C=O) groups is 1. The molecule has 0 saturated heterocycles. The fourth-order valence-corrected chi connectivity index (χ4v) is 2.22. The van der Waals surface area contributed by atoms with E-state index in [1.165, 1.54) is 0 Å². The first-order valence-corrected chi connectivity index (χ1v) is 7.44. The van der Waals surface area contributed by atoms with E-state index in [0.717, 1.165) is 5.56 Å². The van der Waals surface area contributed by atoms with Crippen LogP contribution in [0.5, 0.6) is 0 Å². The van der Waals surface area contributed by atoms with Crippen LogP contribution in [-0.4, -0.2) is 39.8 Å². The van der Waals surface area contributed by atoms with Crippen LogP contribution in [0.1, 0.15) is 47.6 Å².